The largest absolute Gasteiger partial charge is 0.357 e. The van der Waals surface area contributed by atoms with E-state index in [0.717, 1.165) is 5.56 Å². The highest BCUT2D eigenvalue weighted by Gasteiger charge is 2.27. The molecular weight excluding hydrogens is 382 g/mol. The van der Waals surface area contributed by atoms with Crippen molar-refractivity contribution in [1.29, 1.82) is 0 Å². The van der Waals surface area contributed by atoms with Crippen molar-refractivity contribution < 1.29 is 18.4 Å². The fourth-order valence-corrected chi connectivity index (χ4v) is 3.72. The molecule has 7 heteroatoms. The van der Waals surface area contributed by atoms with E-state index in [2.05, 4.69) is 5.32 Å². The number of nitrogens with one attached hydrogen (secondary N) is 1. The van der Waals surface area contributed by atoms with Crippen LogP contribution in [0.15, 0.2) is 48.5 Å². The van der Waals surface area contributed by atoms with Gasteiger partial charge in [0.05, 0.1) is 5.75 Å². The van der Waals surface area contributed by atoms with Crippen LogP contribution >= 0.6 is 11.8 Å². The molecule has 1 unspecified atom stereocenters. The molecule has 4 nitrogen and oxygen atoms in total. The number of likely N-dealkylation sites (N-methyl/N-ethyl adjacent to an activating group) is 1. The number of carbonyl (C=O) groups excluding carboxylic acids is 2. The first-order chi connectivity index (χ1) is 13.5. The highest BCUT2D eigenvalue weighted by molar-refractivity contribution is 7.99. The van der Waals surface area contributed by atoms with Gasteiger partial charge in [0.1, 0.15) is 17.7 Å². The number of halogens is 2. The molecule has 0 radical (unpaired) electrons. The van der Waals surface area contributed by atoms with Gasteiger partial charge in [0.15, 0.2) is 0 Å². The molecule has 2 amide bonds. The van der Waals surface area contributed by atoms with E-state index in [1.165, 1.54) is 41.9 Å². The summed E-state index contributed by atoms with van der Waals surface area (Å²) in [5, 5.41) is 2.59. The molecular formula is C21H24F2N2O2S. The third-order valence-electron chi connectivity index (χ3n) is 4.34. The summed E-state index contributed by atoms with van der Waals surface area (Å²) >= 11 is 1.29. The first-order valence-electron chi connectivity index (χ1n) is 9.03. The number of benzene rings is 2. The summed E-state index contributed by atoms with van der Waals surface area (Å²) in [5.41, 5.74) is 1.26. The number of nitrogens with zero attached hydrogens (tertiary/aromatic N) is 1. The van der Waals surface area contributed by atoms with Crippen molar-refractivity contribution in [2.75, 3.05) is 12.8 Å². The predicted molar refractivity (Wildman–Crippen MR) is 108 cm³/mol. The summed E-state index contributed by atoms with van der Waals surface area (Å²) in [6, 6.07) is 11.7. The van der Waals surface area contributed by atoms with Gasteiger partial charge in [-0.2, -0.15) is 0 Å². The van der Waals surface area contributed by atoms with E-state index in [4.69, 9.17) is 0 Å². The maximum absolute atomic E-state index is 13.7. The minimum absolute atomic E-state index is 0.114. The molecule has 2 aromatic rings. The molecule has 0 aliphatic rings. The van der Waals surface area contributed by atoms with Gasteiger partial charge in [0.2, 0.25) is 11.8 Å². The van der Waals surface area contributed by atoms with E-state index in [9.17, 15) is 18.4 Å². The standard InChI is InChI=1S/C21H24F2N2O2S/c1-3-19(21(27)24-2)25(12-15-8-10-17(22)11-9-15)20(26)14-28-13-16-6-4-5-7-18(16)23/h4-11,19H,3,12-14H2,1-2H3,(H,24,27). The molecule has 0 spiro atoms. The van der Waals surface area contributed by atoms with Crippen molar-refractivity contribution in [1.82, 2.24) is 10.2 Å². The van der Waals surface area contributed by atoms with Crippen LogP contribution in [0, 0.1) is 11.6 Å². The smallest absolute Gasteiger partial charge is 0.242 e. The second-order valence-corrected chi connectivity index (χ2v) is 7.26. The van der Waals surface area contributed by atoms with Gasteiger partial charge >= 0.3 is 0 Å². The monoisotopic (exact) mass is 406 g/mol. The molecule has 1 atom stereocenters. The Kier molecular flexibility index (Phi) is 8.44. The molecule has 0 fully saturated rings. The van der Waals surface area contributed by atoms with Gasteiger partial charge in [-0.25, -0.2) is 8.78 Å². The molecule has 2 aromatic carbocycles. The lowest BCUT2D eigenvalue weighted by atomic mass is 10.1. The Morgan fingerprint density at radius 2 is 1.79 bits per heavy atom. The molecule has 0 heterocycles. The Bertz CT molecular complexity index is 799. The fraction of sp³-hybridized carbons (Fsp3) is 0.333. The van der Waals surface area contributed by atoms with Crippen molar-refractivity contribution >= 4 is 23.6 Å². The second kappa shape index (κ2) is 10.8. The Hall–Kier alpha value is -2.41. The average Bonchev–Trinajstić information content (AvgIpc) is 2.70. The summed E-state index contributed by atoms with van der Waals surface area (Å²) in [6.45, 7) is 2.03. The van der Waals surface area contributed by atoms with Gasteiger partial charge in [-0.15, -0.1) is 11.8 Å². The van der Waals surface area contributed by atoms with Gasteiger partial charge in [-0.1, -0.05) is 37.3 Å². The van der Waals surface area contributed by atoms with Gasteiger partial charge in [0.25, 0.3) is 0 Å². The quantitative estimate of drug-likeness (QED) is 0.690. The Balaban J connectivity index is 2.10. The second-order valence-electron chi connectivity index (χ2n) is 6.27. The normalized spacial score (nSPS) is 11.7. The lowest BCUT2D eigenvalue weighted by Gasteiger charge is -2.30. The third kappa shape index (κ3) is 6.05. The van der Waals surface area contributed by atoms with Crippen molar-refractivity contribution in [3.63, 3.8) is 0 Å². The van der Waals surface area contributed by atoms with Crippen LogP contribution in [0.25, 0.3) is 0 Å². The molecule has 28 heavy (non-hydrogen) atoms. The molecule has 0 aliphatic heterocycles. The summed E-state index contributed by atoms with van der Waals surface area (Å²) in [4.78, 5) is 26.6. The summed E-state index contributed by atoms with van der Waals surface area (Å²) in [6.07, 6.45) is 0.449. The first-order valence-corrected chi connectivity index (χ1v) is 10.2. The van der Waals surface area contributed by atoms with Gasteiger partial charge < -0.3 is 10.2 Å². The molecule has 0 saturated heterocycles. The van der Waals surface area contributed by atoms with E-state index >= 15 is 0 Å². The van der Waals surface area contributed by atoms with Gasteiger partial charge in [0, 0.05) is 19.3 Å². The van der Waals surface area contributed by atoms with Crippen molar-refractivity contribution in [3.8, 4) is 0 Å². The summed E-state index contributed by atoms with van der Waals surface area (Å²) in [5.74, 6) is -0.663. The highest BCUT2D eigenvalue weighted by atomic mass is 32.2. The van der Waals surface area contributed by atoms with E-state index in [0.29, 0.717) is 17.7 Å². The molecule has 0 saturated carbocycles. The molecule has 150 valence electrons. The number of hydrogen-bond donors (Lipinski definition) is 1. The van der Waals surface area contributed by atoms with Crippen LogP contribution in [-0.2, 0) is 21.9 Å². The van der Waals surface area contributed by atoms with Crippen LogP contribution in [0.1, 0.15) is 24.5 Å². The lowest BCUT2D eigenvalue weighted by Crippen LogP contribution is -2.48. The average molecular weight is 406 g/mol. The van der Waals surface area contributed by atoms with E-state index in [-0.39, 0.29) is 35.7 Å². The first kappa shape index (κ1) is 21.9. The highest BCUT2D eigenvalue weighted by Crippen LogP contribution is 2.19. The molecule has 1 N–H and O–H groups in total. The number of carbonyl (C=O) groups is 2. The van der Waals surface area contributed by atoms with Crippen LogP contribution in [-0.4, -0.2) is 35.6 Å². The van der Waals surface area contributed by atoms with Crippen LogP contribution in [0.4, 0.5) is 8.78 Å². The predicted octanol–water partition coefficient (Wildman–Crippen LogP) is 3.75. The molecule has 0 aromatic heterocycles. The van der Waals surface area contributed by atoms with Crippen LogP contribution in [0.2, 0.25) is 0 Å². The van der Waals surface area contributed by atoms with Crippen LogP contribution in [0.5, 0.6) is 0 Å². The van der Waals surface area contributed by atoms with Crippen LogP contribution < -0.4 is 5.32 Å². The lowest BCUT2D eigenvalue weighted by molar-refractivity contribution is -0.139. The van der Waals surface area contributed by atoms with Crippen molar-refractivity contribution in [2.45, 2.75) is 31.7 Å². The van der Waals surface area contributed by atoms with Crippen LogP contribution in [0.3, 0.4) is 0 Å². The van der Waals surface area contributed by atoms with Gasteiger partial charge in [-0.05, 0) is 35.7 Å². The number of thioether (sulfide) groups is 1. The minimum atomic E-state index is -0.628. The van der Waals surface area contributed by atoms with Crippen molar-refractivity contribution in [2.24, 2.45) is 0 Å². The fourth-order valence-electron chi connectivity index (χ4n) is 2.82. The SMILES string of the molecule is CCC(C(=O)NC)N(Cc1ccc(F)cc1)C(=O)CSCc1ccccc1F. The zero-order valence-electron chi connectivity index (χ0n) is 16.0. The Labute approximate surface area is 168 Å². The third-order valence-corrected chi connectivity index (χ3v) is 5.31. The summed E-state index contributed by atoms with van der Waals surface area (Å²) in [7, 11) is 1.53. The van der Waals surface area contributed by atoms with Crippen molar-refractivity contribution in [3.05, 3.63) is 71.3 Å². The Morgan fingerprint density at radius 3 is 2.39 bits per heavy atom. The maximum atomic E-state index is 13.7. The molecule has 0 aliphatic carbocycles. The number of hydrogen-bond acceptors (Lipinski definition) is 3. The Morgan fingerprint density at radius 1 is 1.11 bits per heavy atom. The van der Waals surface area contributed by atoms with E-state index in [1.807, 2.05) is 6.92 Å². The zero-order valence-corrected chi connectivity index (χ0v) is 16.8. The minimum Gasteiger partial charge on any atom is -0.357 e. The summed E-state index contributed by atoms with van der Waals surface area (Å²) < 4.78 is 26.9. The van der Waals surface area contributed by atoms with E-state index < -0.39 is 6.04 Å². The maximum Gasteiger partial charge on any atom is 0.242 e. The molecule has 2 rings (SSSR count). The van der Waals surface area contributed by atoms with Gasteiger partial charge in [-0.3, -0.25) is 9.59 Å². The molecule has 0 bridgehead atoms. The number of rotatable bonds is 9. The zero-order chi connectivity index (χ0) is 20.5. The topological polar surface area (TPSA) is 49.4 Å². The number of amides is 2. The van der Waals surface area contributed by atoms with E-state index in [1.54, 1.807) is 30.3 Å².